The van der Waals surface area contributed by atoms with Gasteiger partial charge in [-0.25, -0.2) is 4.79 Å². The number of hydrogen-bond acceptors (Lipinski definition) is 7. The Bertz CT molecular complexity index is 1580. The van der Waals surface area contributed by atoms with Gasteiger partial charge in [-0.05, 0) is 67.1 Å². The fourth-order valence-corrected chi connectivity index (χ4v) is 6.04. The zero-order valence-corrected chi connectivity index (χ0v) is 22.9. The van der Waals surface area contributed by atoms with Crippen LogP contribution < -0.4 is 10.6 Å². The highest BCUT2D eigenvalue weighted by Crippen LogP contribution is 2.38. The number of thiophene rings is 1. The number of fused-ring (bicyclic) bond motifs is 1. The number of carbonyl (C=O) groups is 4. The summed E-state index contributed by atoms with van der Waals surface area (Å²) < 4.78 is 10.7. The number of aryl methyl sites for hydroxylation is 1. The summed E-state index contributed by atoms with van der Waals surface area (Å²) in [6, 6.07) is 17.3. The topological polar surface area (TPSA) is 115 Å². The molecular weight excluding hydrogens is 552 g/mol. The summed E-state index contributed by atoms with van der Waals surface area (Å²) in [5, 5.41) is 6.32. The summed E-state index contributed by atoms with van der Waals surface area (Å²) in [6.45, 7) is -0.202. The molecule has 2 N–H and O–H groups in total. The first-order chi connectivity index (χ1) is 19.4. The summed E-state index contributed by atoms with van der Waals surface area (Å²) in [7, 11) is 0. The minimum atomic E-state index is -0.796. The van der Waals surface area contributed by atoms with Crippen molar-refractivity contribution in [3.8, 4) is 11.3 Å². The van der Waals surface area contributed by atoms with Crippen molar-refractivity contribution < 1.29 is 28.3 Å². The minimum Gasteiger partial charge on any atom is -0.453 e. The lowest BCUT2D eigenvalue weighted by atomic mass is 9.95. The number of amides is 2. The number of anilines is 1. The van der Waals surface area contributed by atoms with Gasteiger partial charge in [0.15, 0.2) is 18.7 Å². The van der Waals surface area contributed by atoms with Crippen LogP contribution >= 0.6 is 22.9 Å². The van der Waals surface area contributed by atoms with Gasteiger partial charge in [0.2, 0.25) is 0 Å². The summed E-state index contributed by atoms with van der Waals surface area (Å²) in [6.07, 6.45) is 4.20. The van der Waals surface area contributed by atoms with Crippen LogP contribution in [-0.2, 0) is 28.9 Å². The molecule has 10 heteroatoms. The average Bonchev–Trinajstić information content (AvgIpc) is 3.60. The molecule has 2 heterocycles. The Labute approximate surface area is 239 Å². The maximum Gasteiger partial charge on any atom is 0.340 e. The van der Waals surface area contributed by atoms with Crippen LogP contribution in [0, 0.1) is 0 Å². The SMILES string of the molecule is O=Cc1ccc(-c2ccc(Cl)c(C(=O)OCC(=O)Nc3sc4c(c3C(=O)NCc3ccccc3)CCCC4)c2)o1. The lowest BCUT2D eigenvalue weighted by Gasteiger charge is -2.13. The molecule has 0 fully saturated rings. The van der Waals surface area contributed by atoms with Crippen molar-refractivity contribution in [3.63, 3.8) is 0 Å². The van der Waals surface area contributed by atoms with Crippen LogP contribution in [0.3, 0.4) is 0 Å². The van der Waals surface area contributed by atoms with Gasteiger partial charge in [0.25, 0.3) is 11.8 Å². The van der Waals surface area contributed by atoms with E-state index in [9.17, 15) is 19.2 Å². The number of esters is 1. The highest BCUT2D eigenvalue weighted by atomic mass is 35.5. The molecule has 1 aliphatic rings. The molecule has 4 aromatic rings. The lowest BCUT2D eigenvalue weighted by Crippen LogP contribution is -2.26. The molecule has 1 aliphatic carbocycles. The largest absolute Gasteiger partial charge is 0.453 e. The van der Waals surface area contributed by atoms with E-state index in [-0.39, 0.29) is 22.3 Å². The van der Waals surface area contributed by atoms with Crippen molar-refractivity contribution in [1.82, 2.24) is 5.32 Å². The van der Waals surface area contributed by atoms with E-state index in [0.29, 0.717) is 34.7 Å². The Kier molecular flexibility index (Phi) is 8.42. The fraction of sp³-hybridized carbons (Fsp3) is 0.200. The second kappa shape index (κ2) is 12.3. The Morgan fingerprint density at radius 1 is 1.02 bits per heavy atom. The molecular formula is C30H25ClN2O6S. The summed E-state index contributed by atoms with van der Waals surface area (Å²) in [5.74, 6) is -1.09. The molecule has 2 aromatic carbocycles. The van der Waals surface area contributed by atoms with Gasteiger partial charge in [0.1, 0.15) is 10.8 Å². The Hall–Kier alpha value is -4.21. The first kappa shape index (κ1) is 27.4. The first-order valence-electron chi connectivity index (χ1n) is 12.7. The molecule has 5 rings (SSSR count). The maximum absolute atomic E-state index is 13.2. The van der Waals surface area contributed by atoms with E-state index in [2.05, 4.69) is 10.6 Å². The average molecular weight is 577 g/mol. The standard InChI is InChI=1S/C30H25ClN2O6S/c31-23-12-10-19(24-13-11-20(16-34)39-24)14-22(23)30(37)38-17-26(35)33-29-27(21-8-4-5-9-25(21)40-29)28(36)32-15-18-6-2-1-3-7-18/h1-3,6-7,10-14,16H,4-5,8-9,15,17H2,(H,32,36)(H,33,35). The number of nitrogens with one attached hydrogen (secondary N) is 2. The number of benzene rings is 2. The molecule has 0 bridgehead atoms. The molecule has 2 amide bonds. The zero-order chi connectivity index (χ0) is 28.1. The Morgan fingerprint density at radius 2 is 1.82 bits per heavy atom. The Morgan fingerprint density at radius 3 is 2.60 bits per heavy atom. The molecule has 0 aliphatic heterocycles. The van der Waals surface area contributed by atoms with Gasteiger partial charge in [-0.3, -0.25) is 14.4 Å². The molecule has 8 nitrogen and oxygen atoms in total. The molecule has 2 aromatic heterocycles. The normalized spacial score (nSPS) is 12.3. The summed E-state index contributed by atoms with van der Waals surface area (Å²) in [5.41, 5.74) is 2.97. The van der Waals surface area contributed by atoms with E-state index in [1.54, 1.807) is 12.1 Å². The number of carbonyl (C=O) groups excluding carboxylic acids is 4. The van der Waals surface area contributed by atoms with Crippen molar-refractivity contribution in [1.29, 1.82) is 0 Å². The number of aldehydes is 1. The zero-order valence-electron chi connectivity index (χ0n) is 21.3. The predicted molar refractivity (Wildman–Crippen MR) is 152 cm³/mol. The van der Waals surface area contributed by atoms with Crippen LogP contribution in [0.2, 0.25) is 5.02 Å². The minimum absolute atomic E-state index is 0.0450. The van der Waals surface area contributed by atoms with Crippen LogP contribution in [0.25, 0.3) is 11.3 Å². The Balaban J connectivity index is 1.26. The third-order valence-electron chi connectivity index (χ3n) is 6.50. The lowest BCUT2D eigenvalue weighted by molar-refractivity contribution is -0.119. The van der Waals surface area contributed by atoms with Crippen LogP contribution in [0.4, 0.5) is 5.00 Å². The van der Waals surface area contributed by atoms with Gasteiger partial charge in [-0.1, -0.05) is 41.9 Å². The van der Waals surface area contributed by atoms with Crippen molar-refractivity contribution in [2.24, 2.45) is 0 Å². The molecule has 0 spiro atoms. The number of halogens is 1. The van der Waals surface area contributed by atoms with E-state index < -0.39 is 18.5 Å². The van der Waals surface area contributed by atoms with Gasteiger partial charge < -0.3 is 19.8 Å². The second-order valence-corrected chi connectivity index (χ2v) is 10.7. The number of rotatable bonds is 9. The van der Waals surface area contributed by atoms with Gasteiger partial charge in [0.05, 0.1) is 16.1 Å². The molecule has 0 radical (unpaired) electrons. The van der Waals surface area contributed by atoms with Gasteiger partial charge in [0, 0.05) is 17.0 Å². The highest BCUT2D eigenvalue weighted by Gasteiger charge is 2.27. The van der Waals surface area contributed by atoms with Crippen molar-refractivity contribution in [2.75, 3.05) is 11.9 Å². The van der Waals surface area contributed by atoms with Crippen LogP contribution in [0.5, 0.6) is 0 Å². The van der Waals surface area contributed by atoms with Crippen molar-refractivity contribution >= 4 is 52.0 Å². The molecule has 40 heavy (non-hydrogen) atoms. The third kappa shape index (κ3) is 6.16. The van der Waals surface area contributed by atoms with E-state index in [0.717, 1.165) is 41.7 Å². The summed E-state index contributed by atoms with van der Waals surface area (Å²) >= 11 is 7.60. The monoisotopic (exact) mass is 576 g/mol. The van der Waals surface area contributed by atoms with Crippen LogP contribution in [0.1, 0.15) is 60.1 Å². The molecule has 0 atom stereocenters. The van der Waals surface area contributed by atoms with E-state index >= 15 is 0 Å². The quantitative estimate of drug-likeness (QED) is 0.184. The third-order valence-corrected chi connectivity index (χ3v) is 8.03. The first-order valence-corrected chi connectivity index (χ1v) is 13.9. The number of hydrogen-bond donors (Lipinski definition) is 2. The van der Waals surface area contributed by atoms with E-state index in [1.807, 2.05) is 30.3 Å². The van der Waals surface area contributed by atoms with E-state index in [1.165, 1.54) is 29.5 Å². The smallest absolute Gasteiger partial charge is 0.340 e. The predicted octanol–water partition coefficient (Wildman–Crippen LogP) is 6.08. The highest BCUT2D eigenvalue weighted by molar-refractivity contribution is 7.17. The molecule has 204 valence electrons. The van der Waals surface area contributed by atoms with Gasteiger partial charge in [-0.15, -0.1) is 11.3 Å². The number of furan rings is 1. The maximum atomic E-state index is 13.2. The van der Waals surface area contributed by atoms with Gasteiger partial charge in [-0.2, -0.15) is 0 Å². The second-order valence-electron chi connectivity index (χ2n) is 9.22. The molecule has 0 saturated carbocycles. The molecule has 0 unspecified atom stereocenters. The van der Waals surface area contributed by atoms with Crippen LogP contribution in [0.15, 0.2) is 65.1 Å². The summed E-state index contributed by atoms with van der Waals surface area (Å²) in [4.78, 5) is 50.9. The van der Waals surface area contributed by atoms with Crippen LogP contribution in [-0.4, -0.2) is 30.7 Å². The van der Waals surface area contributed by atoms with Crippen molar-refractivity contribution in [3.05, 3.63) is 98.6 Å². The fourth-order valence-electron chi connectivity index (χ4n) is 4.54. The van der Waals surface area contributed by atoms with Gasteiger partial charge >= 0.3 is 5.97 Å². The molecule has 0 saturated heterocycles. The van der Waals surface area contributed by atoms with E-state index in [4.69, 9.17) is 20.8 Å². The number of ether oxygens (including phenoxy) is 1. The van der Waals surface area contributed by atoms with Crippen molar-refractivity contribution in [2.45, 2.75) is 32.2 Å².